The molecule has 0 spiro atoms. The first-order valence-corrected chi connectivity index (χ1v) is 18.4. The maximum atomic E-state index is 15.1. The Morgan fingerprint density at radius 3 is 2.23 bits per heavy atom. The second kappa shape index (κ2) is 14.4. The van der Waals surface area contributed by atoms with Gasteiger partial charge in [0.15, 0.2) is 0 Å². The summed E-state index contributed by atoms with van der Waals surface area (Å²) in [7, 11) is 2.15. The maximum Gasteiger partial charge on any atom is 0.323 e. The van der Waals surface area contributed by atoms with Crippen molar-refractivity contribution >= 4 is 60.3 Å². The van der Waals surface area contributed by atoms with Crippen LogP contribution in [0.25, 0.3) is 0 Å². The van der Waals surface area contributed by atoms with E-state index < -0.39 is 23.0 Å². The fourth-order valence-corrected chi connectivity index (χ4v) is 6.81. The fraction of sp³-hybridized carbons (Fsp3) is 0.382. The van der Waals surface area contributed by atoms with Gasteiger partial charge in [0.2, 0.25) is 11.8 Å². The summed E-state index contributed by atoms with van der Waals surface area (Å²) in [6, 6.07) is 15.0. The van der Waals surface area contributed by atoms with E-state index in [-0.39, 0.29) is 38.2 Å². The number of hydrogen-bond acceptors (Lipinski definition) is 7. The van der Waals surface area contributed by atoms with Crippen LogP contribution in [0.1, 0.15) is 25.7 Å². The first kappa shape index (κ1) is 33.0. The van der Waals surface area contributed by atoms with Crippen LogP contribution in [0.3, 0.4) is 0 Å². The molecule has 0 radical (unpaired) electrons. The second-order valence-corrected chi connectivity index (χ2v) is 14.2. The van der Waals surface area contributed by atoms with Crippen molar-refractivity contribution in [1.82, 2.24) is 19.7 Å². The zero-order chi connectivity index (χ0) is 33.0. The number of piperidine rings is 1. The van der Waals surface area contributed by atoms with Crippen LogP contribution in [0.2, 0.25) is 0 Å². The van der Waals surface area contributed by atoms with Crippen LogP contribution in [0.15, 0.2) is 60.8 Å². The van der Waals surface area contributed by atoms with Crippen LogP contribution in [-0.2, 0) is 9.59 Å². The summed E-state index contributed by atoms with van der Waals surface area (Å²) in [4.78, 5) is 49.9. The van der Waals surface area contributed by atoms with E-state index in [9.17, 15) is 14.4 Å². The summed E-state index contributed by atoms with van der Waals surface area (Å²) >= 11 is -0.300. The molecular formula is C34H39FIN7O4. The van der Waals surface area contributed by atoms with Crippen LogP contribution in [-0.4, -0.2) is 94.4 Å². The van der Waals surface area contributed by atoms with Crippen molar-refractivity contribution in [3.63, 3.8) is 0 Å². The molecule has 3 heterocycles. The van der Waals surface area contributed by atoms with Crippen LogP contribution >= 0.6 is 20.7 Å². The molecule has 1 aliphatic carbocycles. The number of urea groups is 1. The largest absolute Gasteiger partial charge is 0.457 e. The third kappa shape index (κ3) is 7.96. The van der Waals surface area contributed by atoms with Gasteiger partial charge < -0.3 is 25.2 Å². The summed E-state index contributed by atoms with van der Waals surface area (Å²) < 4.78 is 26.0. The highest BCUT2D eigenvalue weighted by molar-refractivity contribution is 14.2. The van der Waals surface area contributed by atoms with Gasteiger partial charge in [0.1, 0.15) is 28.5 Å². The quantitative estimate of drug-likeness (QED) is 0.204. The summed E-state index contributed by atoms with van der Waals surface area (Å²) in [5.41, 5.74) is -0.690. The maximum absolute atomic E-state index is 15.1. The Labute approximate surface area is 283 Å². The lowest BCUT2D eigenvalue weighted by molar-refractivity contribution is -0.131. The zero-order valence-corrected chi connectivity index (χ0v) is 28.5. The lowest BCUT2D eigenvalue weighted by atomic mass is 10.0. The predicted molar refractivity (Wildman–Crippen MR) is 189 cm³/mol. The second-order valence-electron chi connectivity index (χ2n) is 12.2. The van der Waals surface area contributed by atoms with Crippen molar-refractivity contribution in [3.8, 4) is 11.5 Å². The molecule has 3 N–H and O–H groups in total. The summed E-state index contributed by atoms with van der Waals surface area (Å²) in [5, 5.41) is 8.23. The predicted octanol–water partition coefficient (Wildman–Crippen LogP) is 5.19. The van der Waals surface area contributed by atoms with Crippen molar-refractivity contribution in [2.75, 3.05) is 62.3 Å². The zero-order valence-electron chi connectivity index (χ0n) is 26.3. The molecule has 47 heavy (non-hydrogen) atoms. The van der Waals surface area contributed by atoms with Crippen molar-refractivity contribution in [2.24, 2.45) is 5.41 Å². The van der Waals surface area contributed by atoms with Gasteiger partial charge in [-0.1, -0.05) is 25.2 Å². The number of benzene rings is 2. The van der Waals surface area contributed by atoms with Gasteiger partial charge in [-0.15, -0.1) is 0 Å². The Morgan fingerprint density at radius 1 is 0.894 bits per heavy atom. The minimum Gasteiger partial charge on any atom is -0.457 e. The Balaban J connectivity index is 1.00. The third-order valence-corrected chi connectivity index (χ3v) is 10.7. The first-order chi connectivity index (χ1) is 22.7. The number of carbonyl (C=O) groups is 3. The van der Waals surface area contributed by atoms with E-state index in [1.165, 1.54) is 18.3 Å². The number of nitrogens with one attached hydrogen (secondary N) is 3. The Kier molecular flexibility index (Phi) is 10.1. The number of halogens is 2. The van der Waals surface area contributed by atoms with Crippen LogP contribution in [0, 0.1) is 14.8 Å². The van der Waals surface area contributed by atoms with E-state index in [1.54, 1.807) is 24.3 Å². The molecule has 3 aliphatic rings. The molecule has 248 valence electrons. The smallest absolute Gasteiger partial charge is 0.323 e. The molecule has 13 heteroatoms. The third-order valence-electron chi connectivity index (χ3n) is 9.07. The number of carbonyl (C=O) groups excluding carboxylic acids is 3. The number of rotatable bonds is 9. The molecule has 2 aromatic carbocycles. The molecule has 1 saturated carbocycles. The van der Waals surface area contributed by atoms with Crippen molar-refractivity contribution in [1.29, 1.82) is 0 Å². The number of nitrogens with zero attached hydrogens (tertiary/aromatic N) is 4. The molecular weight excluding hydrogens is 716 g/mol. The number of pyridine rings is 1. The van der Waals surface area contributed by atoms with Crippen molar-refractivity contribution in [3.05, 3.63) is 70.2 Å². The average Bonchev–Trinajstić information content (AvgIpc) is 3.90. The summed E-state index contributed by atoms with van der Waals surface area (Å²) in [5.74, 6) is -0.794. The monoisotopic (exact) mass is 755 g/mol. The molecule has 3 aromatic rings. The highest BCUT2D eigenvalue weighted by Crippen LogP contribution is 2.47. The van der Waals surface area contributed by atoms with Crippen LogP contribution in [0.4, 0.5) is 26.4 Å². The van der Waals surface area contributed by atoms with E-state index in [0.29, 0.717) is 49.2 Å². The van der Waals surface area contributed by atoms with Crippen LogP contribution < -0.4 is 20.7 Å². The van der Waals surface area contributed by atoms with E-state index in [4.69, 9.17) is 4.74 Å². The van der Waals surface area contributed by atoms with E-state index in [2.05, 4.69) is 42.3 Å². The number of amides is 4. The van der Waals surface area contributed by atoms with Gasteiger partial charge in [0.05, 0.1) is 5.69 Å². The molecule has 2 saturated heterocycles. The number of aromatic nitrogens is 1. The first-order valence-electron chi connectivity index (χ1n) is 15.8. The van der Waals surface area contributed by atoms with Gasteiger partial charge in [-0.05, 0) is 75.2 Å². The highest BCUT2D eigenvalue weighted by Gasteiger charge is 2.56. The van der Waals surface area contributed by atoms with Gasteiger partial charge in [-0.3, -0.25) is 19.8 Å². The van der Waals surface area contributed by atoms with E-state index >= 15 is 4.39 Å². The minimum atomic E-state index is -1.24. The standard InChI is InChI=1S/C34H39FIN7O4/c1-36-23-3-5-24(6-4-23)38-31(44)34(12-13-34)32(45)39-29-8-7-26(21-28(29)35)47-27-9-14-37-30(22-27)40-33(46)43-15-10-25(11-16-43)42-19-17-41(2)18-20-42/h3-9,14,21-22,25H,1,10-13,15-20H2,2H3,(H,38,44)(H,39,45)(H,37,40,46). The Bertz CT molecular complexity index is 1640. The molecule has 11 nitrogen and oxygen atoms in total. The fourth-order valence-electron chi connectivity index (χ4n) is 5.95. The Hall–Kier alpha value is -3.95. The average molecular weight is 756 g/mol. The van der Waals surface area contributed by atoms with Gasteiger partial charge in [-0.2, -0.15) is 0 Å². The molecule has 4 amide bonds. The number of ether oxygens (including phenoxy) is 1. The van der Waals surface area contributed by atoms with Gasteiger partial charge >= 0.3 is 6.03 Å². The number of likely N-dealkylation sites (tertiary alicyclic amines) is 1. The SMILES string of the molecule is C=Ic1ccc(NC(=O)C2(C(=O)Nc3ccc(Oc4ccnc(NC(=O)N5CCC(N6CCN(C)CC6)CC5)c4)cc3F)CC2)cc1. The van der Waals surface area contributed by atoms with Crippen LogP contribution in [0.5, 0.6) is 11.5 Å². The molecule has 0 bridgehead atoms. The summed E-state index contributed by atoms with van der Waals surface area (Å²) in [6.07, 6.45) is 4.15. The van der Waals surface area contributed by atoms with E-state index in [1.807, 2.05) is 17.0 Å². The van der Waals surface area contributed by atoms with Gasteiger partial charge in [0.25, 0.3) is 0 Å². The minimum absolute atomic E-state index is 0.0516. The number of piperazine rings is 1. The molecule has 2 aliphatic heterocycles. The van der Waals surface area contributed by atoms with Gasteiger partial charge in [-0.25, -0.2) is 14.2 Å². The lowest BCUT2D eigenvalue weighted by Gasteiger charge is -2.42. The highest BCUT2D eigenvalue weighted by atomic mass is 127. The number of anilines is 3. The topological polar surface area (TPSA) is 119 Å². The molecule has 0 atom stereocenters. The van der Waals surface area contributed by atoms with Gasteiger partial charge in [0, 0.05) is 72.9 Å². The summed E-state index contributed by atoms with van der Waals surface area (Å²) in [6.45, 7) is 5.65. The molecule has 3 fully saturated rings. The number of likely N-dealkylation sites (N-methyl/N-ethyl adjacent to an activating group) is 1. The Morgan fingerprint density at radius 2 is 1.57 bits per heavy atom. The lowest BCUT2D eigenvalue weighted by Crippen LogP contribution is -2.53. The number of hydrogen-bond donors (Lipinski definition) is 3. The molecule has 6 rings (SSSR count). The normalized spacial score (nSPS) is 18.3. The van der Waals surface area contributed by atoms with Crippen molar-refractivity contribution in [2.45, 2.75) is 31.7 Å². The molecule has 1 aromatic heterocycles. The van der Waals surface area contributed by atoms with E-state index in [0.717, 1.165) is 48.7 Å². The van der Waals surface area contributed by atoms with Crippen molar-refractivity contribution < 1.29 is 23.5 Å². The molecule has 0 unspecified atom stereocenters.